The van der Waals surface area contributed by atoms with Gasteiger partial charge in [0.1, 0.15) is 0 Å². The highest BCUT2D eigenvalue weighted by Crippen LogP contribution is 2.16. The van der Waals surface area contributed by atoms with E-state index in [-0.39, 0.29) is 12.0 Å². The smallest absolute Gasteiger partial charge is 0.193 e. The Kier molecular flexibility index (Phi) is 3.07. The molecule has 0 bridgehead atoms. The number of imidazole rings is 1. The van der Waals surface area contributed by atoms with Crippen molar-refractivity contribution in [3.63, 3.8) is 0 Å². The van der Waals surface area contributed by atoms with E-state index < -0.39 is 0 Å². The van der Waals surface area contributed by atoms with Gasteiger partial charge < -0.3 is 5.11 Å². The van der Waals surface area contributed by atoms with Gasteiger partial charge in [0.15, 0.2) is 4.96 Å². The summed E-state index contributed by atoms with van der Waals surface area (Å²) in [5.74, 6) is 0.277. The van der Waals surface area contributed by atoms with Gasteiger partial charge in [-0.1, -0.05) is 13.8 Å². The molecular formula is C11H16N2OS. The SMILES string of the molecule is CCC(O)C(C)Cc1cn2ccsc2n1. The lowest BCUT2D eigenvalue weighted by molar-refractivity contribution is 0.112. The maximum Gasteiger partial charge on any atom is 0.193 e. The van der Waals surface area contributed by atoms with Crippen molar-refractivity contribution in [2.75, 3.05) is 0 Å². The van der Waals surface area contributed by atoms with Gasteiger partial charge in [0.2, 0.25) is 0 Å². The van der Waals surface area contributed by atoms with Crippen LogP contribution in [0, 0.1) is 5.92 Å². The molecule has 2 rings (SSSR count). The number of aliphatic hydroxyl groups is 1. The first kappa shape index (κ1) is 10.6. The Morgan fingerprint density at radius 1 is 1.60 bits per heavy atom. The highest BCUT2D eigenvalue weighted by atomic mass is 32.1. The molecule has 1 N–H and O–H groups in total. The van der Waals surface area contributed by atoms with E-state index in [1.807, 2.05) is 29.1 Å². The molecule has 0 aliphatic heterocycles. The highest BCUT2D eigenvalue weighted by molar-refractivity contribution is 7.15. The van der Waals surface area contributed by atoms with Crippen molar-refractivity contribution in [1.29, 1.82) is 0 Å². The van der Waals surface area contributed by atoms with Crippen molar-refractivity contribution in [3.05, 3.63) is 23.5 Å². The maximum atomic E-state index is 9.68. The number of aromatic nitrogens is 2. The molecular weight excluding hydrogens is 208 g/mol. The normalized spacial score (nSPS) is 15.7. The van der Waals surface area contributed by atoms with Gasteiger partial charge in [0.05, 0.1) is 11.8 Å². The topological polar surface area (TPSA) is 37.5 Å². The summed E-state index contributed by atoms with van der Waals surface area (Å²) in [6, 6.07) is 0. The van der Waals surface area contributed by atoms with Crippen LogP contribution in [0.5, 0.6) is 0 Å². The van der Waals surface area contributed by atoms with Gasteiger partial charge in [-0.25, -0.2) is 4.98 Å². The molecule has 0 aliphatic carbocycles. The third kappa shape index (κ3) is 2.21. The molecule has 2 heterocycles. The minimum Gasteiger partial charge on any atom is -0.393 e. The fraction of sp³-hybridized carbons (Fsp3) is 0.545. The molecule has 3 nitrogen and oxygen atoms in total. The third-order valence-corrected chi connectivity index (χ3v) is 3.52. The van der Waals surface area contributed by atoms with Crippen molar-refractivity contribution in [2.24, 2.45) is 5.92 Å². The molecule has 0 radical (unpaired) electrons. The fourth-order valence-electron chi connectivity index (χ4n) is 1.74. The first-order valence-corrected chi connectivity index (χ1v) is 6.17. The van der Waals surface area contributed by atoms with E-state index in [1.54, 1.807) is 11.3 Å². The predicted molar refractivity (Wildman–Crippen MR) is 62.2 cm³/mol. The van der Waals surface area contributed by atoms with Crippen LogP contribution in [0.15, 0.2) is 17.8 Å². The molecule has 0 saturated carbocycles. The molecule has 2 atom stereocenters. The van der Waals surface area contributed by atoms with Crippen LogP contribution in [0.4, 0.5) is 0 Å². The number of fused-ring (bicyclic) bond motifs is 1. The Balaban J connectivity index is 2.09. The molecule has 0 saturated heterocycles. The molecule has 4 heteroatoms. The lowest BCUT2D eigenvalue weighted by atomic mass is 9.98. The number of rotatable bonds is 4. The standard InChI is InChI=1S/C11H16N2OS/c1-3-10(14)8(2)6-9-7-13-4-5-15-11(13)12-9/h4-5,7-8,10,14H,3,6H2,1-2H3. The molecule has 0 aromatic carbocycles. The van der Waals surface area contributed by atoms with Gasteiger partial charge in [-0.05, 0) is 18.8 Å². The van der Waals surface area contributed by atoms with Crippen molar-refractivity contribution >= 4 is 16.3 Å². The van der Waals surface area contributed by atoms with E-state index in [0.29, 0.717) is 0 Å². The Bertz CT molecular complexity index is 406. The first-order chi connectivity index (χ1) is 7.20. The zero-order valence-electron chi connectivity index (χ0n) is 9.05. The number of aliphatic hydroxyl groups excluding tert-OH is 1. The zero-order valence-corrected chi connectivity index (χ0v) is 9.87. The number of nitrogens with zero attached hydrogens (tertiary/aromatic N) is 2. The van der Waals surface area contributed by atoms with Gasteiger partial charge in [0.25, 0.3) is 0 Å². The third-order valence-electron chi connectivity index (χ3n) is 2.75. The molecule has 2 unspecified atom stereocenters. The maximum absolute atomic E-state index is 9.68. The summed E-state index contributed by atoms with van der Waals surface area (Å²) in [5.41, 5.74) is 1.07. The Hall–Kier alpha value is -0.870. The Labute approximate surface area is 93.4 Å². The second-order valence-electron chi connectivity index (χ2n) is 3.98. The van der Waals surface area contributed by atoms with Crippen LogP contribution in [-0.2, 0) is 6.42 Å². The van der Waals surface area contributed by atoms with Crippen molar-refractivity contribution in [3.8, 4) is 0 Å². The molecule has 0 fully saturated rings. The van der Waals surface area contributed by atoms with Crippen molar-refractivity contribution < 1.29 is 5.11 Å². The number of thiazole rings is 1. The fourth-order valence-corrected chi connectivity index (χ4v) is 2.46. The van der Waals surface area contributed by atoms with Crippen molar-refractivity contribution in [2.45, 2.75) is 32.8 Å². The van der Waals surface area contributed by atoms with E-state index in [2.05, 4.69) is 11.9 Å². The van der Waals surface area contributed by atoms with Crippen LogP contribution in [-0.4, -0.2) is 20.6 Å². The van der Waals surface area contributed by atoms with Gasteiger partial charge >= 0.3 is 0 Å². The van der Waals surface area contributed by atoms with E-state index in [4.69, 9.17) is 0 Å². The lowest BCUT2D eigenvalue weighted by Gasteiger charge is -2.15. The minimum atomic E-state index is -0.218. The number of hydrogen-bond donors (Lipinski definition) is 1. The quantitative estimate of drug-likeness (QED) is 0.865. The van der Waals surface area contributed by atoms with Crippen LogP contribution in [0.1, 0.15) is 26.0 Å². The zero-order chi connectivity index (χ0) is 10.8. The molecule has 0 aliphatic rings. The van der Waals surface area contributed by atoms with Crippen LogP contribution in [0.2, 0.25) is 0 Å². The summed E-state index contributed by atoms with van der Waals surface area (Å²) in [6.07, 6.45) is 5.50. The summed E-state index contributed by atoms with van der Waals surface area (Å²) in [7, 11) is 0. The monoisotopic (exact) mass is 224 g/mol. The lowest BCUT2D eigenvalue weighted by Crippen LogP contribution is -2.18. The van der Waals surface area contributed by atoms with Crippen molar-refractivity contribution in [1.82, 2.24) is 9.38 Å². The average molecular weight is 224 g/mol. The first-order valence-electron chi connectivity index (χ1n) is 5.30. The van der Waals surface area contributed by atoms with Crippen LogP contribution < -0.4 is 0 Å². The van der Waals surface area contributed by atoms with Crippen LogP contribution in [0.3, 0.4) is 0 Å². The van der Waals surface area contributed by atoms with Gasteiger partial charge in [-0.15, -0.1) is 11.3 Å². The van der Waals surface area contributed by atoms with E-state index >= 15 is 0 Å². The summed E-state index contributed by atoms with van der Waals surface area (Å²) in [6.45, 7) is 4.08. The highest BCUT2D eigenvalue weighted by Gasteiger charge is 2.14. The molecule has 2 aromatic heterocycles. The van der Waals surface area contributed by atoms with Gasteiger partial charge in [-0.3, -0.25) is 4.40 Å². The minimum absolute atomic E-state index is 0.218. The molecule has 15 heavy (non-hydrogen) atoms. The average Bonchev–Trinajstić information content (AvgIpc) is 2.76. The largest absolute Gasteiger partial charge is 0.393 e. The van der Waals surface area contributed by atoms with E-state index in [0.717, 1.165) is 23.5 Å². The second kappa shape index (κ2) is 4.33. The van der Waals surface area contributed by atoms with Crippen LogP contribution >= 0.6 is 11.3 Å². The van der Waals surface area contributed by atoms with Gasteiger partial charge in [0, 0.05) is 17.8 Å². The summed E-state index contributed by atoms with van der Waals surface area (Å²) < 4.78 is 2.03. The number of hydrogen-bond acceptors (Lipinski definition) is 3. The van der Waals surface area contributed by atoms with Crippen LogP contribution in [0.25, 0.3) is 4.96 Å². The van der Waals surface area contributed by atoms with E-state index in [9.17, 15) is 5.11 Å². The Morgan fingerprint density at radius 3 is 3.07 bits per heavy atom. The predicted octanol–water partition coefficient (Wildman–Crippen LogP) is 2.35. The molecule has 0 spiro atoms. The Morgan fingerprint density at radius 2 is 2.40 bits per heavy atom. The van der Waals surface area contributed by atoms with Gasteiger partial charge in [-0.2, -0.15) is 0 Å². The second-order valence-corrected chi connectivity index (χ2v) is 4.86. The summed E-state index contributed by atoms with van der Waals surface area (Å²) in [5, 5.41) is 11.7. The van der Waals surface area contributed by atoms with E-state index in [1.165, 1.54) is 0 Å². The molecule has 82 valence electrons. The summed E-state index contributed by atoms with van der Waals surface area (Å²) in [4.78, 5) is 5.53. The molecule has 2 aromatic rings. The summed E-state index contributed by atoms with van der Waals surface area (Å²) >= 11 is 1.64. The molecule has 0 amide bonds.